The zero-order valence-electron chi connectivity index (χ0n) is 15.0. The molecule has 0 radical (unpaired) electrons. The Kier molecular flexibility index (Phi) is 5.60. The molecule has 1 atom stereocenters. The number of esters is 1. The first-order valence-electron chi connectivity index (χ1n) is 8.69. The van der Waals surface area contributed by atoms with Gasteiger partial charge in [0, 0.05) is 5.56 Å². The number of ether oxygens (including phenoxy) is 1. The molecule has 2 aromatic carbocycles. The molecular weight excluding hydrogens is 390 g/mol. The summed E-state index contributed by atoms with van der Waals surface area (Å²) in [6, 6.07) is 9.40. The lowest BCUT2D eigenvalue weighted by atomic mass is 10.0. The van der Waals surface area contributed by atoms with Crippen molar-refractivity contribution in [3.05, 3.63) is 64.7 Å². The fourth-order valence-electron chi connectivity index (χ4n) is 3.13. The van der Waals surface area contributed by atoms with Gasteiger partial charge < -0.3 is 4.74 Å². The maximum Gasteiger partial charge on any atom is 0.341 e. The molecule has 0 unspecified atom stereocenters. The average molecular weight is 408 g/mol. The number of Topliss-reactive ketones (excluding diaryl/α,β-unsaturated/α-hetero) is 1. The molecule has 0 bridgehead atoms. The van der Waals surface area contributed by atoms with E-state index in [-0.39, 0.29) is 11.3 Å². The van der Waals surface area contributed by atoms with Crippen molar-refractivity contribution in [1.82, 2.24) is 0 Å². The molecule has 0 amide bonds. The van der Waals surface area contributed by atoms with E-state index < -0.39 is 32.6 Å². The van der Waals surface area contributed by atoms with E-state index in [2.05, 4.69) is 0 Å². The third-order valence-corrected chi connectivity index (χ3v) is 6.09. The van der Waals surface area contributed by atoms with E-state index in [1.807, 2.05) is 12.1 Å². The van der Waals surface area contributed by atoms with E-state index in [1.165, 1.54) is 12.5 Å². The number of ketones is 1. The summed E-state index contributed by atoms with van der Waals surface area (Å²) in [6.07, 6.45) is 1.91. The Bertz CT molecular complexity index is 1010. The van der Waals surface area contributed by atoms with Crippen molar-refractivity contribution in [2.75, 3.05) is 0 Å². The van der Waals surface area contributed by atoms with Gasteiger partial charge in [0.1, 0.15) is 0 Å². The summed E-state index contributed by atoms with van der Waals surface area (Å²) in [6.45, 7) is 1.45. The van der Waals surface area contributed by atoms with Gasteiger partial charge in [-0.1, -0.05) is 12.1 Å². The van der Waals surface area contributed by atoms with Gasteiger partial charge in [-0.3, -0.25) is 4.79 Å². The number of halogens is 2. The summed E-state index contributed by atoms with van der Waals surface area (Å²) in [4.78, 5) is 24.1. The van der Waals surface area contributed by atoms with Crippen LogP contribution in [0, 0.1) is 0 Å². The molecular formula is C20H18F2O5S. The SMILES string of the molecule is C[C@@H](OC(=O)c1ccc(S(=O)(=O)C(F)F)cc1)C(=O)c1ccc2c(c1)CCC2. The van der Waals surface area contributed by atoms with Gasteiger partial charge >= 0.3 is 11.7 Å². The van der Waals surface area contributed by atoms with Crippen LogP contribution in [0.15, 0.2) is 47.4 Å². The zero-order valence-corrected chi connectivity index (χ0v) is 15.8. The Morgan fingerprint density at radius 1 is 0.964 bits per heavy atom. The number of carbonyl (C=O) groups is 2. The molecule has 2 aromatic rings. The Labute approximate surface area is 161 Å². The molecule has 1 aliphatic rings. The molecule has 0 fully saturated rings. The van der Waals surface area contributed by atoms with E-state index in [0.29, 0.717) is 5.56 Å². The molecule has 0 saturated heterocycles. The summed E-state index contributed by atoms with van der Waals surface area (Å²) in [5.41, 5.74) is 2.77. The van der Waals surface area contributed by atoms with Gasteiger partial charge in [-0.2, -0.15) is 8.78 Å². The summed E-state index contributed by atoms with van der Waals surface area (Å²) in [7, 11) is -4.74. The second kappa shape index (κ2) is 7.79. The topological polar surface area (TPSA) is 77.5 Å². The van der Waals surface area contributed by atoms with Crippen LogP contribution in [0.3, 0.4) is 0 Å². The monoisotopic (exact) mass is 408 g/mol. The smallest absolute Gasteiger partial charge is 0.341 e. The fourth-order valence-corrected chi connectivity index (χ4v) is 3.85. The van der Waals surface area contributed by atoms with Gasteiger partial charge in [0.2, 0.25) is 15.6 Å². The quantitative estimate of drug-likeness (QED) is 0.539. The molecule has 5 nitrogen and oxygen atoms in total. The highest BCUT2D eigenvalue weighted by molar-refractivity contribution is 7.91. The first kappa shape index (κ1) is 20.1. The van der Waals surface area contributed by atoms with Crippen LogP contribution in [0.5, 0.6) is 0 Å². The largest absolute Gasteiger partial charge is 0.451 e. The van der Waals surface area contributed by atoms with E-state index in [1.54, 1.807) is 6.07 Å². The minimum Gasteiger partial charge on any atom is -0.451 e. The molecule has 8 heteroatoms. The zero-order chi connectivity index (χ0) is 20.5. The fraction of sp³-hybridized carbons (Fsp3) is 0.300. The van der Waals surface area contributed by atoms with Crippen molar-refractivity contribution >= 4 is 21.6 Å². The molecule has 1 aliphatic carbocycles. The number of carbonyl (C=O) groups excluding carboxylic acids is 2. The van der Waals surface area contributed by atoms with Crippen LogP contribution in [0.2, 0.25) is 0 Å². The Hall–Kier alpha value is -2.61. The Balaban J connectivity index is 1.69. The third kappa shape index (κ3) is 3.96. The highest BCUT2D eigenvalue weighted by Crippen LogP contribution is 2.24. The number of hydrogen-bond donors (Lipinski definition) is 0. The summed E-state index contributed by atoms with van der Waals surface area (Å²) in [5, 5.41) is 0. The number of fused-ring (bicyclic) bond motifs is 1. The van der Waals surface area contributed by atoms with Crippen molar-refractivity contribution in [1.29, 1.82) is 0 Å². The third-order valence-electron chi connectivity index (χ3n) is 4.69. The van der Waals surface area contributed by atoms with Gasteiger partial charge in [0.05, 0.1) is 10.5 Å². The van der Waals surface area contributed by atoms with Crippen LogP contribution in [-0.4, -0.2) is 32.0 Å². The summed E-state index contributed by atoms with van der Waals surface area (Å²) in [5.74, 6) is -4.74. The average Bonchev–Trinajstić information content (AvgIpc) is 3.15. The number of sulfone groups is 1. The second-order valence-corrected chi connectivity index (χ2v) is 8.50. The highest BCUT2D eigenvalue weighted by Gasteiger charge is 2.27. The lowest BCUT2D eigenvalue weighted by Crippen LogP contribution is -2.24. The molecule has 0 heterocycles. The van der Waals surface area contributed by atoms with E-state index in [4.69, 9.17) is 4.74 Å². The number of benzene rings is 2. The Morgan fingerprint density at radius 2 is 1.57 bits per heavy atom. The molecule has 28 heavy (non-hydrogen) atoms. The molecule has 0 N–H and O–H groups in total. The van der Waals surface area contributed by atoms with Crippen LogP contribution < -0.4 is 0 Å². The first-order chi connectivity index (χ1) is 13.2. The van der Waals surface area contributed by atoms with Crippen molar-refractivity contribution in [2.45, 2.75) is 42.9 Å². The number of aryl methyl sites for hydroxylation is 2. The molecule has 0 spiro atoms. The molecule has 0 saturated carbocycles. The van der Waals surface area contributed by atoms with Gasteiger partial charge in [-0.15, -0.1) is 0 Å². The summed E-state index contributed by atoms with van der Waals surface area (Å²) < 4.78 is 53.1. The van der Waals surface area contributed by atoms with Crippen molar-refractivity contribution in [2.24, 2.45) is 0 Å². The highest BCUT2D eigenvalue weighted by atomic mass is 32.2. The minimum atomic E-state index is -4.74. The van der Waals surface area contributed by atoms with Gasteiger partial charge in [-0.05, 0) is 67.6 Å². The first-order valence-corrected chi connectivity index (χ1v) is 10.2. The van der Waals surface area contributed by atoms with Gasteiger partial charge in [-0.25, -0.2) is 13.2 Å². The van der Waals surface area contributed by atoms with Gasteiger partial charge in [0.25, 0.3) is 0 Å². The van der Waals surface area contributed by atoms with Crippen LogP contribution in [0.25, 0.3) is 0 Å². The molecule has 148 valence electrons. The molecule has 0 aliphatic heterocycles. The predicted octanol–water partition coefficient (Wildman–Crippen LogP) is 3.60. The van der Waals surface area contributed by atoms with Crippen LogP contribution in [0.1, 0.15) is 45.2 Å². The minimum absolute atomic E-state index is 0.0400. The van der Waals surface area contributed by atoms with Gasteiger partial charge in [0.15, 0.2) is 6.10 Å². The van der Waals surface area contributed by atoms with Crippen molar-refractivity contribution < 1.29 is 31.5 Å². The van der Waals surface area contributed by atoms with Crippen LogP contribution >= 0.6 is 0 Å². The van der Waals surface area contributed by atoms with Crippen molar-refractivity contribution in [3.63, 3.8) is 0 Å². The van der Waals surface area contributed by atoms with E-state index >= 15 is 0 Å². The normalized spacial score (nSPS) is 14.6. The second-order valence-electron chi connectivity index (χ2n) is 6.58. The van der Waals surface area contributed by atoms with Crippen LogP contribution in [-0.2, 0) is 27.4 Å². The molecule has 3 rings (SSSR count). The summed E-state index contributed by atoms with van der Waals surface area (Å²) >= 11 is 0. The predicted molar refractivity (Wildman–Crippen MR) is 97.3 cm³/mol. The maximum absolute atomic E-state index is 12.5. The Morgan fingerprint density at radius 3 is 2.21 bits per heavy atom. The maximum atomic E-state index is 12.5. The number of hydrogen-bond acceptors (Lipinski definition) is 5. The lowest BCUT2D eigenvalue weighted by Gasteiger charge is -2.13. The number of rotatable bonds is 6. The molecule has 0 aromatic heterocycles. The standard InChI is InChI=1S/C20H18F2O5S/c1-12(18(23)16-6-5-13-3-2-4-15(13)11-16)27-19(24)14-7-9-17(10-8-14)28(25,26)20(21)22/h5-12,20H,2-4H2,1H3/t12-/m1/s1. The van der Waals surface area contributed by atoms with Crippen molar-refractivity contribution in [3.8, 4) is 0 Å². The number of alkyl halides is 2. The lowest BCUT2D eigenvalue weighted by molar-refractivity contribution is 0.0318. The van der Waals surface area contributed by atoms with E-state index in [9.17, 15) is 26.8 Å². The van der Waals surface area contributed by atoms with E-state index in [0.717, 1.165) is 49.1 Å². The van der Waals surface area contributed by atoms with Crippen LogP contribution in [0.4, 0.5) is 8.78 Å².